The van der Waals surface area contributed by atoms with E-state index in [-0.39, 0.29) is 19.4 Å². The first-order chi connectivity index (χ1) is 29.2. The molecule has 0 rings (SSSR count). The minimum atomic E-state index is -4.63. The van der Waals surface area contributed by atoms with E-state index in [1.807, 2.05) is 0 Å². The van der Waals surface area contributed by atoms with Crippen molar-refractivity contribution in [2.75, 3.05) is 26.4 Å². The zero-order valence-corrected chi connectivity index (χ0v) is 39.1. The highest BCUT2D eigenvalue weighted by Crippen LogP contribution is 2.43. The van der Waals surface area contributed by atoms with Crippen LogP contribution >= 0.6 is 7.82 Å². The summed E-state index contributed by atoms with van der Waals surface area (Å²) in [6.07, 6.45) is 49.5. The number of carbonyl (C=O) groups excluding carboxylic acids is 2. The highest BCUT2D eigenvalue weighted by molar-refractivity contribution is 7.47. The second-order valence-electron chi connectivity index (χ2n) is 16.1. The third kappa shape index (κ3) is 44.0. The molecule has 0 saturated carbocycles. The van der Waals surface area contributed by atoms with Gasteiger partial charge in [-0.05, 0) is 70.6 Å². The minimum Gasteiger partial charge on any atom is -0.462 e. The average molecular weight is 869 g/mol. The van der Waals surface area contributed by atoms with Crippen molar-refractivity contribution < 1.29 is 47.8 Å². The fraction of sp³-hybridized carbons (Fsp3) is 0.796. The van der Waals surface area contributed by atoms with E-state index in [0.29, 0.717) is 19.3 Å². The van der Waals surface area contributed by atoms with Crippen molar-refractivity contribution in [3.05, 3.63) is 48.6 Å². The summed E-state index contributed by atoms with van der Waals surface area (Å²) < 4.78 is 32.7. The van der Waals surface area contributed by atoms with Crippen LogP contribution in [-0.2, 0) is 32.7 Å². The summed E-state index contributed by atoms with van der Waals surface area (Å²) in [7, 11) is -4.63. The summed E-state index contributed by atoms with van der Waals surface area (Å²) in [5.74, 6) is -0.988. The molecule has 0 aliphatic rings. The number of carbonyl (C=O) groups is 2. The third-order valence-corrected chi connectivity index (χ3v) is 11.1. The maximum atomic E-state index is 12.6. The minimum absolute atomic E-state index is 0.121. The number of esters is 2. The molecule has 0 spiro atoms. The predicted octanol–water partition coefficient (Wildman–Crippen LogP) is 13.3. The van der Waals surface area contributed by atoms with Crippen molar-refractivity contribution in [3.8, 4) is 0 Å². The largest absolute Gasteiger partial charge is 0.472 e. The van der Waals surface area contributed by atoms with Crippen molar-refractivity contribution in [2.24, 2.45) is 0 Å². The molecule has 3 N–H and O–H groups in total. The standard InChI is InChI=1S/C49H89O10P/c1-3-5-7-9-11-13-15-17-19-20-21-22-23-24-25-26-27-29-31-33-35-37-39-41-49(53)59-47(45-58-60(54,55)57-43-46(51)42-50)44-56-48(52)40-38-36-34-32-30-28-18-16-14-12-10-8-6-4-2/h10,12,16,18,26-27,33,35,46-47,50-51H,3-9,11,13-15,17,19-25,28-32,34,36-45H2,1-2H3,(H,54,55)/b12-10+,18-16+,27-26+,35-33+/t46-,47+/m0/s1. The number of allylic oxidation sites excluding steroid dienone is 8. The Balaban J connectivity index is 4.26. The van der Waals surface area contributed by atoms with E-state index in [4.69, 9.17) is 23.6 Å². The van der Waals surface area contributed by atoms with Gasteiger partial charge in [0.05, 0.1) is 19.8 Å². The van der Waals surface area contributed by atoms with Crippen LogP contribution in [0.3, 0.4) is 0 Å². The zero-order valence-electron chi connectivity index (χ0n) is 38.2. The number of aliphatic hydroxyl groups excluding tert-OH is 2. The first kappa shape index (κ1) is 57.9. The lowest BCUT2D eigenvalue weighted by Crippen LogP contribution is -2.29. The monoisotopic (exact) mass is 869 g/mol. The summed E-state index contributed by atoms with van der Waals surface area (Å²) in [5.41, 5.74) is 0. The topological polar surface area (TPSA) is 149 Å². The Morgan fingerprint density at radius 2 is 0.917 bits per heavy atom. The van der Waals surface area contributed by atoms with Gasteiger partial charge < -0.3 is 24.6 Å². The molecule has 0 saturated heterocycles. The van der Waals surface area contributed by atoms with Gasteiger partial charge in [-0.1, -0.05) is 178 Å². The van der Waals surface area contributed by atoms with E-state index >= 15 is 0 Å². The molecule has 0 aromatic carbocycles. The van der Waals surface area contributed by atoms with E-state index in [0.717, 1.165) is 64.2 Å². The lowest BCUT2D eigenvalue weighted by atomic mass is 10.0. The Bertz CT molecular complexity index is 1140. The van der Waals surface area contributed by atoms with Gasteiger partial charge in [0.2, 0.25) is 0 Å². The molecule has 10 nitrogen and oxygen atoms in total. The zero-order chi connectivity index (χ0) is 44.0. The van der Waals surface area contributed by atoms with Crippen molar-refractivity contribution in [1.82, 2.24) is 0 Å². The van der Waals surface area contributed by atoms with E-state index in [9.17, 15) is 24.2 Å². The van der Waals surface area contributed by atoms with Gasteiger partial charge in [0.1, 0.15) is 12.7 Å². The molecule has 11 heteroatoms. The predicted molar refractivity (Wildman–Crippen MR) is 247 cm³/mol. The van der Waals surface area contributed by atoms with Crippen LogP contribution < -0.4 is 0 Å². The molecular formula is C49H89O10P. The summed E-state index contributed by atoms with van der Waals surface area (Å²) in [6.45, 7) is 2.30. The van der Waals surface area contributed by atoms with E-state index in [2.05, 4.69) is 62.5 Å². The molecule has 0 aliphatic heterocycles. The molecule has 0 bridgehead atoms. The van der Waals surface area contributed by atoms with Gasteiger partial charge in [-0.2, -0.15) is 0 Å². The Kier molecular flexibility index (Phi) is 43.4. The quantitative estimate of drug-likeness (QED) is 0.0234. The lowest BCUT2D eigenvalue weighted by Gasteiger charge is -2.20. The molecule has 0 heterocycles. The molecule has 350 valence electrons. The van der Waals surface area contributed by atoms with Crippen LogP contribution in [-0.4, -0.2) is 65.7 Å². The summed E-state index contributed by atoms with van der Waals surface area (Å²) in [6, 6.07) is 0. The highest BCUT2D eigenvalue weighted by Gasteiger charge is 2.27. The summed E-state index contributed by atoms with van der Waals surface area (Å²) >= 11 is 0. The first-order valence-electron chi connectivity index (χ1n) is 24.1. The fourth-order valence-electron chi connectivity index (χ4n) is 6.44. The van der Waals surface area contributed by atoms with Gasteiger partial charge in [-0.3, -0.25) is 18.6 Å². The van der Waals surface area contributed by atoms with Crippen molar-refractivity contribution >= 4 is 19.8 Å². The number of hydrogen-bond donors (Lipinski definition) is 3. The molecule has 0 radical (unpaired) electrons. The molecule has 0 aromatic heterocycles. The number of hydrogen-bond acceptors (Lipinski definition) is 9. The van der Waals surface area contributed by atoms with Crippen LogP contribution in [0.15, 0.2) is 48.6 Å². The molecule has 3 atom stereocenters. The number of unbranched alkanes of at least 4 members (excludes halogenated alkanes) is 23. The maximum absolute atomic E-state index is 12.6. The van der Waals surface area contributed by atoms with Gasteiger partial charge in [-0.15, -0.1) is 0 Å². The lowest BCUT2D eigenvalue weighted by molar-refractivity contribution is -0.161. The first-order valence-corrected chi connectivity index (χ1v) is 25.6. The molecule has 60 heavy (non-hydrogen) atoms. The normalized spacial score (nSPS) is 14.2. The van der Waals surface area contributed by atoms with Crippen molar-refractivity contribution in [1.29, 1.82) is 0 Å². The SMILES string of the molecule is CCCC/C=C/C/C=C/CCCCCCCC(=O)OC[C@H](COP(=O)(O)OC[C@@H](O)CO)OC(=O)CCC/C=C/CC/C=C/CCCCCCCCCCCCCCCC. The molecule has 0 fully saturated rings. The summed E-state index contributed by atoms with van der Waals surface area (Å²) in [4.78, 5) is 35.0. The molecular weight excluding hydrogens is 780 g/mol. The second kappa shape index (κ2) is 45.0. The van der Waals surface area contributed by atoms with Crippen LogP contribution in [0.1, 0.15) is 213 Å². The van der Waals surface area contributed by atoms with Gasteiger partial charge in [-0.25, -0.2) is 4.57 Å². The molecule has 0 amide bonds. The van der Waals surface area contributed by atoms with E-state index < -0.39 is 51.8 Å². The number of aliphatic hydroxyl groups is 2. The number of rotatable bonds is 45. The third-order valence-electron chi connectivity index (χ3n) is 10.2. The van der Waals surface area contributed by atoms with Crippen LogP contribution in [0.4, 0.5) is 0 Å². The Morgan fingerprint density at radius 3 is 1.45 bits per heavy atom. The number of ether oxygens (including phenoxy) is 2. The Morgan fingerprint density at radius 1 is 0.500 bits per heavy atom. The van der Waals surface area contributed by atoms with Crippen LogP contribution in [0.25, 0.3) is 0 Å². The van der Waals surface area contributed by atoms with Crippen LogP contribution in [0.2, 0.25) is 0 Å². The Hall–Kier alpha value is -2.07. The summed E-state index contributed by atoms with van der Waals surface area (Å²) in [5, 5.41) is 18.4. The Labute approximate surface area is 366 Å². The molecule has 0 aromatic rings. The second-order valence-corrected chi connectivity index (χ2v) is 17.6. The molecule has 0 aliphatic carbocycles. The number of phosphoric ester groups is 1. The van der Waals surface area contributed by atoms with Gasteiger partial charge in [0.15, 0.2) is 6.10 Å². The van der Waals surface area contributed by atoms with Gasteiger partial charge in [0.25, 0.3) is 0 Å². The maximum Gasteiger partial charge on any atom is 0.472 e. The van der Waals surface area contributed by atoms with E-state index in [1.165, 1.54) is 103 Å². The van der Waals surface area contributed by atoms with Crippen molar-refractivity contribution in [2.45, 2.75) is 225 Å². The van der Waals surface area contributed by atoms with E-state index in [1.54, 1.807) is 0 Å². The molecule has 1 unspecified atom stereocenters. The van der Waals surface area contributed by atoms with Crippen LogP contribution in [0, 0.1) is 0 Å². The van der Waals surface area contributed by atoms with Gasteiger partial charge in [0, 0.05) is 12.8 Å². The highest BCUT2D eigenvalue weighted by atomic mass is 31.2. The smallest absolute Gasteiger partial charge is 0.462 e. The number of phosphoric acid groups is 1. The van der Waals surface area contributed by atoms with Gasteiger partial charge >= 0.3 is 19.8 Å². The average Bonchev–Trinajstić information content (AvgIpc) is 3.24. The van der Waals surface area contributed by atoms with Crippen molar-refractivity contribution in [3.63, 3.8) is 0 Å². The van der Waals surface area contributed by atoms with Crippen LogP contribution in [0.5, 0.6) is 0 Å². The fourth-order valence-corrected chi connectivity index (χ4v) is 7.23.